The van der Waals surface area contributed by atoms with Gasteiger partial charge in [-0.1, -0.05) is 18.2 Å². The van der Waals surface area contributed by atoms with Gasteiger partial charge in [-0.3, -0.25) is 4.98 Å². The van der Waals surface area contributed by atoms with Crippen LogP contribution in [0, 0.1) is 11.6 Å². The van der Waals surface area contributed by atoms with Crippen molar-refractivity contribution in [2.45, 2.75) is 18.1 Å². The van der Waals surface area contributed by atoms with Crippen LogP contribution in [0.15, 0.2) is 73.4 Å². The Hall–Kier alpha value is -3.79. The second-order valence-corrected chi connectivity index (χ2v) is 7.13. The van der Waals surface area contributed by atoms with E-state index in [9.17, 15) is 19.0 Å². The lowest BCUT2D eigenvalue weighted by Gasteiger charge is -2.36. The number of aromatic hydroxyl groups is 1. The number of hydrogen-bond donors (Lipinski definition) is 2. The molecule has 4 aromatic rings. The van der Waals surface area contributed by atoms with Crippen molar-refractivity contribution in [3.8, 4) is 16.9 Å². The highest BCUT2D eigenvalue weighted by molar-refractivity contribution is 5.63. The van der Waals surface area contributed by atoms with Gasteiger partial charge >= 0.3 is 5.92 Å². The fourth-order valence-corrected chi connectivity index (χ4v) is 3.34. The molecule has 1 atom stereocenters. The van der Waals surface area contributed by atoms with Crippen molar-refractivity contribution >= 4 is 0 Å². The first-order valence-electron chi connectivity index (χ1n) is 9.35. The van der Waals surface area contributed by atoms with Gasteiger partial charge in [-0.25, -0.2) is 18.4 Å². The number of nitrogens with zero attached hydrogens (tertiary/aromatic N) is 4. The van der Waals surface area contributed by atoms with E-state index in [0.29, 0.717) is 17.2 Å². The lowest BCUT2D eigenvalue weighted by Crippen LogP contribution is -2.48. The van der Waals surface area contributed by atoms with Gasteiger partial charge in [0.05, 0.1) is 6.54 Å². The summed E-state index contributed by atoms with van der Waals surface area (Å²) in [5.41, 5.74) is -3.70. The molecule has 0 saturated heterocycles. The second-order valence-electron chi connectivity index (χ2n) is 7.13. The van der Waals surface area contributed by atoms with E-state index < -0.39 is 41.0 Å². The van der Waals surface area contributed by atoms with E-state index in [0.717, 1.165) is 35.5 Å². The summed E-state index contributed by atoms with van der Waals surface area (Å²) in [6.45, 7) is -0.871. The first kappa shape index (κ1) is 21.4. The van der Waals surface area contributed by atoms with Gasteiger partial charge in [0.1, 0.15) is 35.7 Å². The van der Waals surface area contributed by atoms with Gasteiger partial charge in [0.25, 0.3) is 0 Å². The van der Waals surface area contributed by atoms with Gasteiger partial charge in [0.15, 0.2) is 5.60 Å². The van der Waals surface area contributed by atoms with Crippen molar-refractivity contribution in [1.29, 1.82) is 0 Å². The van der Waals surface area contributed by atoms with Crippen LogP contribution in [0.1, 0.15) is 11.3 Å². The largest absolute Gasteiger partial charge is 0.508 e. The van der Waals surface area contributed by atoms with E-state index in [1.54, 1.807) is 12.1 Å². The first-order valence-corrected chi connectivity index (χ1v) is 9.35. The highest BCUT2D eigenvalue weighted by Gasteiger charge is 2.57. The summed E-state index contributed by atoms with van der Waals surface area (Å²) in [7, 11) is 0. The number of aromatic nitrogens is 4. The molecule has 0 saturated carbocycles. The third-order valence-electron chi connectivity index (χ3n) is 5.04. The van der Waals surface area contributed by atoms with Crippen LogP contribution < -0.4 is 0 Å². The lowest BCUT2D eigenvalue weighted by atomic mass is 9.84. The molecule has 0 aliphatic heterocycles. The highest BCUT2D eigenvalue weighted by Crippen LogP contribution is 2.46. The van der Waals surface area contributed by atoms with Crippen molar-refractivity contribution < 1.29 is 27.8 Å². The fraction of sp³-hybridized carbons (Fsp3) is 0.136. The smallest absolute Gasteiger partial charge is 0.323 e. The molecule has 0 aliphatic rings. The van der Waals surface area contributed by atoms with Gasteiger partial charge in [-0.2, -0.15) is 13.9 Å². The number of hydrogen-bond acceptors (Lipinski definition) is 5. The minimum Gasteiger partial charge on any atom is -0.508 e. The van der Waals surface area contributed by atoms with E-state index in [-0.39, 0.29) is 5.75 Å². The zero-order valence-corrected chi connectivity index (χ0v) is 16.3. The molecule has 0 fully saturated rings. The Labute approximate surface area is 179 Å². The summed E-state index contributed by atoms with van der Waals surface area (Å²) in [5.74, 6) is -6.38. The molecule has 0 aliphatic carbocycles. The fourth-order valence-electron chi connectivity index (χ4n) is 3.34. The monoisotopic (exact) mass is 444 g/mol. The molecule has 32 heavy (non-hydrogen) atoms. The third-order valence-corrected chi connectivity index (χ3v) is 5.04. The Morgan fingerprint density at radius 2 is 1.66 bits per heavy atom. The number of alkyl halides is 2. The summed E-state index contributed by atoms with van der Waals surface area (Å²) in [4.78, 5) is 7.45. The number of halogens is 4. The van der Waals surface area contributed by atoms with Crippen LogP contribution in [0.4, 0.5) is 17.6 Å². The number of phenolic OH excluding ortho intramolecular Hbond substituents is 1. The molecular weight excluding hydrogens is 428 g/mol. The first-order chi connectivity index (χ1) is 15.2. The normalized spacial score (nSPS) is 13.7. The molecule has 2 aromatic heterocycles. The van der Waals surface area contributed by atoms with Gasteiger partial charge in [-0.15, -0.1) is 0 Å². The molecule has 4 rings (SSSR count). The Kier molecular flexibility index (Phi) is 5.39. The Balaban J connectivity index is 1.78. The van der Waals surface area contributed by atoms with Gasteiger partial charge < -0.3 is 10.2 Å². The maximum atomic E-state index is 15.7. The summed E-state index contributed by atoms with van der Waals surface area (Å²) in [6.07, 6.45) is 3.33. The quantitative estimate of drug-likeness (QED) is 0.439. The van der Waals surface area contributed by atoms with Crippen LogP contribution in [0.3, 0.4) is 0 Å². The highest BCUT2D eigenvalue weighted by atomic mass is 19.3. The number of phenols is 1. The topological polar surface area (TPSA) is 84.1 Å². The van der Waals surface area contributed by atoms with Crippen molar-refractivity contribution in [3.05, 3.63) is 96.3 Å². The maximum absolute atomic E-state index is 15.7. The molecule has 6 nitrogen and oxygen atoms in total. The van der Waals surface area contributed by atoms with Crippen molar-refractivity contribution in [1.82, 2.24) is 19.7 Å². The summed E-state index contributed by atoms with van der Waals surface area (Å²) in [6, 6.07) is 10.4. The Morgan fingerprint density at radius 3 is 2.25 bits per heavy atom. The molecule has 1 unspecified atom stereocenters. The minimum absolute atomic E-state index is 0.0457. The molecule has 10 heteroatoms. The zero-order valence-electron chi connectivity index (χ0n) is 16.3. The van der Waals surface area contributed by atoms with Crippen molar-refractivity contribution in [2.24, 2.45) is 0 Å². The Bertz CT molecular complexity index is 1220. The van der Waals surface area contributed by atoms with Gasteiger partial charge in [-0.05, 0) is 35.9 Å². The third kappa shape index (κ3) is 3.80. The summed E-state index contributed by atoms with van der Waals surface area (Å²) < 4.78 is 60.2. The van der Waals surface area contributed by atoms with Crippen LogP contribution in [-0.4, -0.2) is 30.0 Å². The van der Waals surface area contributed by atoms with E-state index in [1.165, 1.54) is 24.4 Å². The summed E-state index contributed by atoms with van der Waals surface area (Å²) >= 11 is 0. The van der Waals surface area contributed by atoms with Gasteiger partial charge in [0, 0.05) is 23.4 Å². The van der Waals surface area contributed by atoms with E-state index in [4.69, 9.17) is 0 Å². The second kappa shape index (κ2) is 8.04. The van der Waals surface area contributed by atoms with E-state index in [1.807, 2.05) is 0 Å². The van der Waals surface area contributed by atoms with Crippen LogP contribution in [0.5, 0.6) is 5.75 Å². The van der Waals surface area contributed by atoms with Gasteiger partial charge in [0.2, 0.25) is 0 Å². The average molecular weight is 444 g/mol. The zero-order chi connectivity index (χ0) is 22.9. The number of pyridine rings is 1. The van der Waals surface area contributed by atoms with Crippen LogP contribution in [0.25, 0.3) is 11.1 Å². The predicted molar refractivity (Wildman–Crippen MR) is 106 cm³/mol. The summed E-state index contributed by atoms with van der Waals surface area (Å²) in [5, 5.41) is 24.3. The number of rotatable bonds is 6. The van der Waals surface area contributed by atoms with Crippen molar-refractivity contribution in [2.75, 3.05) is 0 Å². The Morgan fingerprint density at radius 1 is 0.938 bits per heavy atom. The van der Waals surface area contributed by atoms with Crippen LogP contribution in [-0.2, 0) is 18.1 Å². The molecule has 2 N–H and O–H groups in total. The standard InChI is InChI=1S/C22H16F4N4O2/c23-16-4-7-18(19(24)9-16)21(32,11-30-13-27-12-29-30)22(25,26)20-8-3-15(10-28-20)14-1-5-17(31)6-2-14/h1-10,12-13,31-32H,11H2. The molecule has 0 amide bonds. The predicted octanol–water partition coefficient (Wildman–Crippen LogP) is 4.00. The maximum Gasteiger partial charge on any atom is 0.323 e. The lowest BCUT2D eigenvalue weighted by molar-refractivity contribution is -0.207. The minimum atomic E-state index is -4.11. The van der Waals surface area contributed by atoms with Crippen LogP contribution >= 0.6 is 0 Å². The molecule has 2 heterocycles. The molecule has 164 valence electrons. The van der Waals surface area contributed by atoms with E-state index in [2.05, 4.69) is 15.1 Å². The average Bonchev–Trinajstić information content (AvgIpc) is 3.27. The van der Waals surface area contributed by atoms with Crippen molar-refractivity contribution in [3.63, 3.8) is 0 Å². The molecule has 0 radical (unpaired) electrons. The molecule has 0 bridgehead atoms. The SMILES string of the molecule is Oc1ccc(-c2ccc(C(F)(F)C(O)(Cn3cncn3)c3ccc(F)cc3F)nc2)cc1. The number of aliphatic hydroxyl groups is 1. The molecular formula is C22H16F4N4O2. The van der Waals surface area contributed by atoms with E-state index >= 15 is 8.78 Å². The molecule has 0 spiro atoms. The molecule has 2 aromatic carbocycles. The number of benzene rings is 2. The van der Waals surface area contributed by atoms with Crippen LogP contribution in [0.2, 0.25) is 0 Å².